The first-order valence-corrected chi connectivity index (χ1v) is 5.76. The number of nitrogen functional groups attached to an aromatic ring is 1. The summed E-state index contributed by atoms with van der Waals surface area (Å²) in [6, 6.07) is 5.18. The summed E-state index contributed by atoms with van der Waals surface area (Å²) in [4.78, 5) is 31.8. The molecule has 1 aliphatic rings. The highest BCUT2D eigenvalue weighted by Gasteiger charge is 2.27. The molecule has 1 saturated heterocycles. The molecule has 0 bridgehead atoms. The number of halogens is 1. The normalized spacial score (nSPS) is 15.7. The summed E-state index contributed by atoms with van der Waals surface area (Å²) in [5.74, 6) is 0.00891. The Hall–Kier alpha value is -2.08. The Morgan fingerprint density at radius 2 is 1.89 bits per heavy atom. The molecule has 19 heavy (non-hydrogen) atoms. The van der Waals surface area contributed by atoms with Gasteiger partial charge in [0.1, 0.15) is 0 Å². The number of anilines is 2. The van der Waals surface area contributed by atoms with Gasteiger partial charge < -0.3 is 10.7 Å². The number of imide groups is 1. The molecule has 0 aliphatic carbocycles. The summed E-state index contributed by atoms with van der Waals surface area (Å²) >= 11 is 0. The number of H-pyrrole nitrogens is 1. The number of rotatable bonds is 1. The average Bonchev–Trinajstić information content (AvgIpc) is 2.68. The molecular weight excluding hydrogens is 268 g/mol. The zero-order valence-corrected chi connectivity index (χ0v) is 10.9. The van der Waals surface area contributed by atoms with E-state index < -0.39 is 0 Å². The third-order valence-electron chi connectivity index (χ3n) is 3.02. The maximum Gasteiger partial charge on any atom is 0.233 e. The molecule has 2 amide bonds. The smallest absolute Gasteiger partial charge is 0.233 e. The molecule has 1 aliphatic heterocycles. The highest BCUT2D eigenvalue weighted by atomic mass is 35.5. The first-order chi connectivity index (χ1) is 8.65. The van der Waals surface area contributed by atoms with Gasteiger partial charge in [-0.1, -0.05) is 0 Å². The van der Waals surface area contributed by atoms with Crippen LogP contribution in [-0.4, -0.2) is 21.8 Å². The number of carbonyl (C=O) groups is 2. The Morgan fingerprint density at radius 1 is 1.21 bits per heavy atom. The number of amides is 2. The van der Waals surface area contributed by atoms with Crippen molar-refractivity contribution >= 4 is 46.9 Å². The second-order valence-electron chi connectivity index (χ2n) is 4.30. The Kier molecular flexibility index (Phi) is 3.44. The third kappa shape index (κ3) is 2.26. The van der Waals surface area contributed by atoms with Gasteiger partial charge in [0.25, 0.3) is 0 Å². The topological polar surface area (TPSA) is 92.1 Å². The molecule has 6 nitrogen and oxygen atoms in total. The van der Waals surface area contributed by atoms with Crippen LogP contribution in [0.2, 0.25) is 0 Å². The van der Waals surface area contributed by atoms with E-state index in [1.807, 2.05) is 0 Å². The number of fused-ring (bicyclic) bond motifs is 1. The summed E-state index contributed by atoms with van der Waals surface area (Å²) in [5, 5.41) is 0. The lowest BCUT2D eigenvalue weighted by atomic mass is 10.1. The van der Waals surface area contributed by atoms with E-state index in [1.165, 1.54) is 4.90 Å². The van der Waals surface area contributed by atoms with E-state index in [0.717, 1.165) is 5.52 Å². The van der Waals surface area contributed by atoms with Crippen molar-refractivity contribution in [1.29, 1.82) is 0 Å². The molecule has 0 atom stereocenters. The van der Waals surface area contributed by atoms with Crippen LogP contribution in [-0.2, 0) is 9.59 Å². The van der Waals surface area contributed by atoms with E-state index in [0.29, 0.717) is 36.4 Å². The van der Waals surface area contributed by atoms with Crippen LogP contribution in [0.1, 0.15) is 19.3 Å². The van der Waals surface area contributed by atoms with Crippen LogP contribution >= 0.6 is 12.4 Å². The van der Waals surface area contributed by atoms with E-state index in [1.54, 1.807) is 18.2 Å². The van der Waals surface area contributed by atoms with Gasteiger partial charge in [-0.3, -0.25) is 14.5 Å². The van der Waals surface area contributed by atoms with Gasteiger partial charge in [-0.05, 0) is 24.6 Å². The fourth-order valence-corrected chi connectivity index (χ4v) is 2.20. The minimum Gasteiger partial charge on any atom is -0.369 e. The van der Waals surface area contributed by atoms with E-state index >= 15 is 0 Å². The second-order valence-corrected chi connectivity index (χ2v) is 4.30. The number of nitrogens with two attached hydrogens (primary N) is 1. The molecule has 2 aromatic rings. The van der Waals surface area contributed by atoms with Crippen LogP contribution in [0, 0.1) is 0 Å². The van der Waals surface area contributed by atoms with Crippen molar-refractivity contribution in [2.75, 3.05) is 10.6 Å². The predicted octanol–water partition coefficient (Wildman–Crippen LogP) is 1.61. The standard InChI is InChI=1S/C12H12N4O2.ClH/c13-12-14-8-5-4-7(6-9(8)15-12)16-10(17)2-1-3-11(16)18;/h4-6H,1-3H2,(H3,13,14,15);1H. The Bertz CT molecular complexity index is 636. The van der Waals surface area contributed by atoms with Crippen LogP contribution in [0.25, 0.3) is 11.0 Å². The predicted molar refractivity (Wildman–Crippen MR) is 74.1 cm³/mol. The van der Waals surface area contributed by atoms with E-state index in [4.69, 9.17) is 5.73 Å². The molecule has 3 rings (SSSR count). The van der Waals surface area contributed by atoms with Gasteiger partial charge in [0, 0.05) is 12.8 Å². The maximum absolute atomic E-state index is 11.8. The highest BCUT2D eigenvalue weighted by molar-refractivity contribution is 6.16. The number of imidazole rings is 1. The van der Waals surface area contributed by atoms with Gasteiger partial charge in [-0.25, -0.2) is 4.98 Å². The van der Waals surface area contributed by atoms with Crippen LogP contribution in [0.3, 0.4) is 0 Å². The van der Waals surface area contributed by atoms with Gasteiger partial charge in [0.15, 0.2) is 5.95 Å². The van der Waals surface area contributed by atoms with Crippen molar-refractivity contribution in [2.45, 2.75) is 19.3 Å². The SMILES string of the molecule is Cl.Nc1nc2ccc(N3C(=O)CCCC3=O)cc2[nH]1. The number of nitrogens with zero attached hydrogens (tertiary/aromatic N) is 2. The molecule has 2 heterocycles. The van der Waals surface area contributed by atoms with Crippen molar-refractivity contribution in [3.63, 3.8) is 0 Å². The van der Waals surface area contributed by atoms with Gasteiger partial charge in [-0.2, -0.15) is 0 Å². The molecule has 1 fully saturated rings. The molecule has 100 valence electrons. The van der Waals surface area contributed by atoms with E-state index in [9.17, 15) is 9.59 Å². The zero-order valence-electron chi connectivity index (χ0n) is 10.0. The average molecular weight is 281 g/mol. The summed E-state index contributed by atoms with van der Waals surface area (Å²) < 4.78 is 0. The summed E-state index contributed by atoms with van der Waals surface area (Å²) in [5.41, 5.74) is 7.56. The largest absolute Gasteiger partial charge is 0.369 e. The number of aromatic amines is 1. The van der Waals surface area contributed by atoms with E-state index in [-0.39, 0.29) is 24.2 Å². The molecule has 1 aromatic carbocycles. The van der Waals surface area contributed by atoms with Crippen LogP contribution in [0.5, 0.6) is 0 Å². The molecule has 3 N–H and O–H groups in total. The number of hydrogen-bond donors (Lipinski definition) is 2. The maximum atomic E-state index is 11.8. The van der Waals surface area contributed by atoms with Gasteiger partial charge in [0.2, 0.25) is 11.8 Å². The first kappa shape index (κ1) is 13.4. The van der Waals surface area contributed by atoms with Gasteiger partial charge in [0.05, 0.1) is 16.7 Å². The van der Waals surface area contributed by atoms with Gasteiger partial charge >= 0.3 is 0 Å². The summed E-state index contributed by atoms with van der Waals surface area (Å²) in [6.45, 7) is 0. The van der Waals surface area contributed by atoms with E-state index in [2.05, 4.69) is 9.97 Å². The second kappa shape index (κ2) is 4.89. The molecule has 7 heteroatoms. The zero-order chi connectivity index (χ0) is 12.7. The number of carbonyl (C=O) groups excluding carboxylic acids is 2. The lowest BCUT2D eigenvalue weighted by molar-refractivity contribution is -0.129. The van der Waals surface area contributed by atoms with Crippen molar-refractivity contribution in [3.05, 3.63) is 18.2 Å². The number of piperidine rings is 1. The monoisotopic (exact) mass is 280 g/mol. The lowest BCUT2D eigenvalue weighted by Crippen LogP contribution is -2.40. The number of benzene rings is 1. The molecular formula is C12H13ClN4O2. The number of hydrogen-bond acceptors (Lipinski definition) is 4. The molecule has 1 aromatic heterocycles. The Morgan fingerprint density at radius 3 is 2.58 bits per heavy atom. The minimum absolute atomic E-state index is 0. The first-order valence-electron chi connectivity index (χ1n) is 5.76. The van der Waals surface area contributed by atoms with Crippen LogP contribution in [0.4, 0.5) is 11.6 Å². The van der Waals surface area contributed by atoms with Crippen LogP contribution in [0.15, 0.2) is 18.2 Å². The fraction of sp³-hybridized carbons (Fsp3) is 0.250. The van der Waals surface area contributed by atoms with Gasteiger partial charge in [-0.15, -0.1) is 12.4 Å². The summed E-state index contributed by atoms with van der Waals surface area (Å²) in [6.07, 6.45) is 1.46. The molecule has 0 spiro atoms. The number of nitrogens with one attached hydrogen (secondary N) is 1. The molecule has 0 saturated carbocycles. The fourth-order valence-electron chi connectivity index (χ4n) is 2.20. The molecule has 0 radical (unpaired) electrons. The van der Waals surface area contributed by atoms with Crippen molar-refractivity contribution in [3.8, 4) is 0 Å². The minimum atomic E-state index is -0.155. The Labute approximate surface area is 115 Å². The van der Waals surface area contributed by atoms with Crippen LogP contribution < -0.4 is 10.6 Å². The lowest BCUT2D eigenvalue weighted by Gasteiger charge is -2.24. The van der Waals surface area contributed by atoms with Crippen molar-refractivity contribution < 1.29 is 9.59 Å². The number of aromatic nitrogens is 2. The highest BCUT2D eigenvalue weighted by Crippen LogP contribution is 2.25. The summed E-state index contributed by atoms with van der Waals surface area (Å²) in [7, 11) is 0. The Balaban J connectivity index is 0.00000133. The quantitative estimate of drug-likeness (QED) is 0.776. The third-order valence-corrected chi connectivity index (χ3v) is 3.02. The van der Waals surface area contributed by atoms with Crippen molar-refractivity contribution in [2.24, 2.45) is 0 Å². The molecule has 0 unspecified atom stereocenters. The van der Waals surface area contributed by atoms with Crippen molar-refractivity contribution in [1.82, 2.24) is 9.97 Å².